The molecular formula is C22H26N4O3S. The van der Waals surface area contributed by atoms with Crippen molar-refractivity contribution < 1.29 is 14.4 Å². The summed E-state index contributed by atoms with van der Waals surface area (Å²) in [5, 5.41) is 3.50. The number of thiazole rings is 1. The van der Waals surface area contributed by atoms with Crippen LogP contribution in [0.3, 0.4) is 0 Å². The monoisotopic (exact) mass is 426 g/mol. The Morgan fingerprint density at radius 3 is 2.50 bits per heavy atom. The van der Waals surface area contributed by atoms with E-state index in [0.29, 0.717) is 43.2 Å². The van der Waals surface area contributed by atoms with E-state index >= 15 is 0 Å². The molecule has 1 N–H and O–H groups in total. The Kier molecular flexibility index (Phi) is 5.36. The van der Waals surface area contributed by atoms with Crippen molar-refractivity contribution in [1.29, 1.82) is 0 Å². The largest absolute Gasteiger partial charge is 0.343 e. The highest BCUT2D eigenvalue weighted by Gasteiger charge is 2.47. The van der Waals surface area contributed by atoms with Crippen molar-refractivity contribution in [2.24, 2.45) is 0 Å². The van der Waals surface area contributed by atoms with Crippen molar-refractivity contribution in [2.75, 3.05) is 18.4 Å². The number of likely N-dealkylation sites (tertiary alicyclic amines) is 1. The molecule has 0 radical (unpaired) electrons. The maximum Gasteiger partial charge on any atom is 0.254 e. The number of fused-ring (bicyclic) bond motifs is 1. The molecule has 2 aromatic rings. The summed E-state index contributed by atoms with van der Waals surface area (Å²) in [5.74, 6) is -0.155. The Labute approximate surface area is 180 Å². The summed E-state index contributed by atoms with van der Waals surface area (Å²) in [6.45, 7) is 7.03. The molecule has 0 saturated carbocycles. The molecular weight excluding hydrogens is 400 g/mol. The van der Waals surface area contributed by atoms with E-state index < -0.39 is 5.54 Å². The van der Waals surface area contributed by atoms with Crippen molar-refractivity contribution >= 4 is 34.2 Å². The van der Waals surface area contributed by atoms with Crippen LogP contribution >= 0.6 is 11.3 Å². The van der Waals surface area contributed by atoms with Gasteiger partial charge in [-0.25, -0.2) is 4.98 Å². The highest BCUT2D eigenvalue weighted by atomic mass is 32.1. The molecule has 0 bridgehead atoms. The number of carbonyl (C=O) groups excluding carboxylic acids is 3. The average Bonchev–Trinajstić information content (AvgIpc) is 3.21. The molecule has 7 nitrogen and oxygen atoms in total. The summed E-state index contributed by atoms with van der Waals surface area (Å²) in [4.78, 5) is 47.1. The lowest BCUT2D eigenvalue weighted by atomic mass is 9.82. The number of aryl methyl sites for hydroxylation is 2. The lowest BCUT2D eigenvalue weighted by Gasteiger charge is -2.47. The first-order chi connectivity index (χ1) is 14.3. The average molecular weight is 427 g/mol. The molecule has 2 aliphatic heterocycles. The fourth-order valence-corrected chi connectivity index (χ4v) is 5.24. The molecule has 1 aromatic carbocycles. The lowest BCUT2D eigenvalue weighted by Crippen LogP contribution is -2.57. The fourth-order valence-electron chi connectivity index (χ4n) is 4.41. The molecule has 1 fully saturated rings. The predicted octanol–water partition coefficient (Wildman–Crippen LogP) is 3.13. The van der Waals surface area contributed by atoms with Crippen molar-refractivity contribution in [3.63, 3.8) is 0 Å². The van der Waals surface area contributed by atoms with Crippen LogP contribution in [0.5, 0.6) is 0 Å². The van der Waals surface area contributed by atoms with Gasteiger partial charge in [0.25, 0.3) is 5.91 Å². The van der Waals surface area contributed by atoms with Gasteiger partial charge in [0.15, 0.2) is 5.13 Å². The van der Waals surface area contributed by atoms with Gasteiger partial charge in [-0.15, -0.1) is 11.3 Å². The van der Waals surface area contributed by atoms with Crippen molar-refractivity contribution in [1.82, 2.24) is 14.8 Å². The van der Waals surface area contributed by atoms with Crippen LogP contribution in [0, 0.1) is 13.8 Å². The van der Waals surface area contributed by atoms with Crippen LogP contribution in [-0.2, 0) is 16.1 Å². The van der Waals surface area contributed by atoms with Gasteiger partial charge in [0.05, 0.1) is 17.7 Å². The van der Waals surface area contributed by atoms with Crippen LogP contribution < -0.4 is 5.32 Å². The summed E-state index contributed by atoms with van der Waals surface area (Å²) >= 11 is 1.45. The number of nitrogens with zero attached hydrogens (tertiary/aromatic N) is 3. The van der Waals surface area contributed by atoms with Crippen LogP contribution in [0.15, 0.2) is 24.3 Å². The van der Waals surface area contributed by atoms with Gasteiger partial charge in [0.2, 0.25) is 11.8 Å². The van der Waals surface area contributed by atoms with Crippen LogP contribution in [0.2, 0.25) is 0 Å². The van der Waals surface area contributed by atoms with E-state index in [0.717, 1.165) is 16.1 Å². The number of hydrogen-bond donors (Lipinski definition) is 1. The lowest BCUT2D eigenvalue weighted by molar-refractivity contribution is -0.131. The summed E-state index contributed by atoms with van der Waals surface area (Å²) in [7, 11) is 0. The van der Waals surface area contributed by atoms with E-state index in [4.69, 9.17) is 0 Å². The highest BCUT2D eigenvalue weighted by molar-refractivity contribution is 7.15. The van der Waals surface area contributed by atoms with Gasteiger partial charge >= 0.3 is 0 Å². The molecule has 0 atom stereocenters. The van der Waals surface area contributed by atoms with Crippen LogP contribution in [-0.4, -0.2) is 51.1 Å². The third-order valence-corrected chi connectivity index (χ3v) is 7.29. The molecule has 3 amide bonds. The van der Waals surface area contributed by atoms with Crippen molar-refractivity contribution in [3.05, 3.63) is 46.0 Å². The van der Waals surface area contributed by atoms with E-state index in [1.165, 1.54) is 11.3 Å². The zero-order valence-corrected chi connectivity index (χ0v) is 18.3. The molecule has 0 aliphatic carbocycles. The first-order valence-corrected chi connectivity index (χ1v) is 11.0. The topological polar surface area (TPSA) is 82.6 Å². The van der Waals surface area contributed by atoms with Gasteiger partial charge in [-0.2, -0.15) is 0 Å². The Bertz CT molecular complexity index is 988. The number of aromatic nitrogens is 1. The minimum absolute atomic E-state index is 0.0258. The Morgan fingerprint density at radius 2 is 1.90 bits per heavy atom. The van der Waals surface area contributed by atoms with Gasteiger partial charge in [0, 0.05) is 37.0 Å². The maximum absolute atomic E-state index is 13.2. The van der Waals surface area contributed by atoms with Gasteiger partial charge in [-0.3, -0.25) is 14.4 Å². The van der Waals surface area contributed by atoms with E-state index in [1.807, 2.05) is 43.0 Å². The number of carbonyl (C=O) groups is 3. The van der Waals surface area contributed by atoms with E-state index in [-0.39, 0.29) is 24.1 Å². The maximum atomic E-state index is 13.2. The molecule has 30 heavy (non-hydrogen) atoms. The molecule has 0 unspecified atom stereocenters. The third-order valence-electron chi connectivity index (χ3n) is 6.30. The second-order valence-electron chi connectivity index (χ2n) is 8.16. The van der Waals surface area contributed by atoms with Crippen molar-refractivity contribution in [2.45, 2.75) is 52.1 Å². The molecule has 3 heterocycles. The van der Waals surface area contributed by atoms with Crippen LogP contribution in [0.1, 0.15) is 52.7 Å². The van der Waals surface area contributed by atoms with E-state index in [1.54, 1.807) is 11.8 Å². The summed E-state index contributed by atoms with van der Waals surface area (Å²) in [5.41, 5.74) is 1.98. The molecule has 1 aromatic heterocycles. The SMILES string of the molecule is CC(=O)N1CCC(CC(=O)Nc2nc(C)c(C)s2)(N2Cc3ccccc3C2=O)CC1. The number of nitrogens with one attached hydrogen (secondary N) is 1. The van der Waals surface area contributed by atoms with Crippen LogP contribution in [0.25, 0.3) is 0 Å². The molecule has 0 spiro atoms. The third kappa shape index (κ3) is 3.71. The Morgan fingerprint density at radius 1 is 1.20 bits per heavy atom. The highest BCUT2D eigenvalue weighted by Crippen LogP contribution is 2.39. The van der Waals surface area contributed by atoms with Crippen molar-refractivity contribution in [3.8, 4) is 0 Å². The normalized spacial score (nSPS) is 17.8. The number of benzene rings is 1. The Balaban J connectivity index is 1.58. The molecule has 1 saturated heterocycles. The molecule has 2 aliphatic rings. The first-order valence-electron chi connectivity index (χ1n) is 10.2. The second kappa shape index (κ2) is 7.83. The fraction of sp³-hybridized carbons (Fsp3) is 0.455. The predicted molar refractivity (Wildman–Crippen MR) is 115 cm³/mol. The van der Waals surface area contributed by atoms with Gasteiger partial charge in [0.1, 0.15) is 0 Å². The van der Waals surface area contributed by atoms with Gasteiger partial charge < -0.3 is 15.1 Å². The van der Waals surface area contributed by atoms with Gasteiger partial charge in [-0.1, -0.05) is 18.2 Å². The number of hydrogen-bond acceptors (Lipinski definition) is 5. The zero-order valence-electron chi connectivity index (χ0n) is 17.5. The number of anilines is 1. The second-order valence-corrected chi connectivity index (χ2v) is 9.37. The van der Waals surface area contributed by atoms with Gasteiger partial charge in [-0.05, 0) is 38.3 Å². The zero-order chi connectivity index (χ0) is 21.5. The molecule has 4 rings (SSSR count). The number of rotatable bonds is 4. The summed E-state index contributed by atoms with van der Waals surface area (Å²) in [6.07, 6.45) is 1.35. The van der Waals surface area contributed by atoms with Crippen LogP contribution in [0.4, 0.5) is 5.13 Å². The standard InChI is InChI=1S/C22H26N4O3S/c1-14-15(2)30-21(23-14)24-19(28)12-22(8-10-25(11-9-22)16(3)27)26-13-17-6-4-5-7-18(17)20(26)29/h4-7H,8-13H2,1-3H3,(H,23,24,28). The minimum atomic E-state index is -0.618. The number of piperidine rings is 1. The van der Waals surface area contributed by atoms with E-state index in [9.17, 15) is 14.4 Å². The quantitative estimate of drug-likeness (QED) is 0.814. The minimum Gasteiger partial charge on any atom is -0.343 e. The summed E-state index contributed by atoms with van der Waals surface area (Å²) in [6, 6.07) is 7.61. The Hall–Kier alpha value is -2.74. The smallest absolute Gasteiger partial charge is 0.254 e. The molecule has 8 heteroatoms. The first kappa shape index (κ1) is 20.5. The number of amides is 3. The van der Waals surface area contributed by atoms with E-state index in [2.05, 4.69) is 10.3 Å². The molecule has 158 valence electrons. The summed E-state index contributed by atoms with van der Waals surface area (Å²) < 4.78 is 0.